The lowest BCUT2D eigenvalue weighted by Crippen LogP contribution is -2.48. The molecule has 1 N–H and O–H groups in total. The van der Waals surface area contributed by atoms with Crippen LogP contribution in [0.25, 0.3) is 0 Å². The number of halogens is 1. The number of hydrogen-bond acceptors (Lipinski definition) is 3. The maximum atomic E-state index is 13.1. The van der Waals surface area contributed by atoms with Crippen LogP contribution in [0.4, 0.5) is 0 Å². The lowest BCUT2D eigenvalue weighted by molar-refractivity contribution is -0.138. The second-order valence-electron chi connectivity index (χ2n) is 7.96. The van der Waals surface area contributed by atoms with E-state index in [1.165, 1.54) is 16.7 Å². The van der Waals surface area contributed by atoms with Crippen molar-refractivity contribution < 1.29 is 9.59 Å². The minimum absolute atomic E-state index is 0.0208. The van der Waals surface area contributed by atoms with Gasteiger partial charge in [0.05, 0.1) is 5.75 Å². The van der Waals surface area contributed by atoms with E-state index in [0.29, 0.717) is 18.8 Å². The Hall–Kier alpha value is -1.79. The Morgan fingerprint density at radius 1 is 1.10 bits per heavy atom. The average Bonchev–Trinajstić information content (AvgIpc) is 2.71. The van der Waals surface area contributed by atoms with E-state index >= 15 is 0 Å². The second kappa shape index (κ2) is 12.9. The van der Waals surface area contributed by atoms with Crippen molar-refractivity contribution in [3.05, 3.63) is 69.2 Å². The summed E-state index contributed by atoms with van der Waals surface area (Å²) in [7, 11) is 0. The molecule has 6 heteroatoms. The van der Waals surface area contributed by atoms with Crippen molar-refractivity contribution in [2.45, 2.75) is 58.9 Å². The van der Waals surface area contributed by atoms with E-state index in [4.69, 9.17) is 0 Å². The Bertz CT molecular complexity index is 867. The smallest absolute Gasteiger partial charge is 0.242 e. The highest BCUT2D eigenvalue weighted by atomic mass is 79.9. The van der Waals surface area contributed by atoms with Crippen molar-refractivity contribution >= 4 is 39.5 Å². The number of aryl methyl sites for hydroxylation is 2. The van der Waals surface area contributed by atoms with Crippen LogP contribution in [0.3, 0.4) is 0 Å². The quantitative estimate of drug-likeness (QED) is 0.403. The molecular formula is C25H33BrN2O2S. The zero-order valence-electron chi connectivity index (χ0n) is 18.9. The normalized spacial score (nSPS) is 11.8. The number of carbonyl (C=O) groups is 2. The molecule has 0 unspecified atom stereocenters. The highest BCUT2D eigenvalue weighted by Gasteiger charge is 2.25. The monoisotopic (exact) mass is 504 g/mol. The van der Waals surface area contributed by atoms with Gasteiger partial charge in [-0.05, 0) is 50.5 Å². The Balaban J connectivity index is 2.06. The minimum atomic E-state index is -0.523. The zero-order chi connectivity index (χ0) is 22.8. The second-order valence-corrected chi connectivity index (χ2v) is 9.86. The van der Waals surface area contributed by atoms with Crippen molar-refractivity contribution in [1.29, 1.82) is 0 Å². The molecular weight excluding hydrogens is 472 g/mol. The first-order valence-electron chi connectivity index (χ1n) is 10.8. The molecule has 2 amide bonds. The first-order chi connectivity index (χ1) is 14.8. The van der Waals surface area contributed by atoms with E-state index in [2.05, 4.69) is 60.2 Å². The molecule has 0 heterocycles. The third kappa shape index (κ3) is 8.69. The van der Waals surface area contributed by atoms with Gasteiger partial charge in [0.1, 0.15) is 6.04 Å². The van der Waals surface area contributed by atoms with E-state index in [1.54, 1.807) is 16.7 Å². The maximum Gasteiger partial charge on any atom is 0.242 e. The maximum absolute atomic E-state index is 13.1. The van der Waals surface area contributed by atoms with Crippen LogP contribution in [0.15, 0.2) is 46.9 Å². The van der Waals surface area contributed by atoms with Gasteiger partial charge in [0.2, 0.25) is 11.8 Å². The van der Waals surface area contributed by atoms with Gasteiger partial charge in [-0.1, -0.05) is 70.7 Å². The summed E-state index contributed by atoms with van der Waals surface area (Å²) >= 11 is 5.08. The molecule has 0 aliphatic heterocycles. The number of amides is 2. The molecule has 2 rings (SSSR count). The van der Waals surface area contributed by atoms with Crippen LogP contribution in [0.1, 0.15) is 48.9 Å². The summed E-state index contributed by atoms with van der Waals surface area (Å²) in [6, 6.07) is 13.8. The Morgan fingerprint density at radius 3 is 2.45 bits per heavy atom. The molecule has 168 valence electrons. The van der Waals surface area contributed by atoms with E-state index in [-0.39, 0.29) is 11.8 Å². The van der Waals surface area contributed by atoms with Gasteiger partial charge < -0.3 is 10.2 Å². The molecule has 0 saturated carbocycles. The van der Waals surface area contributed by atoms with E-state index in [0.717, 1.165) is 28.6 Å². The molecule has 0 saturated heterocycles. The summed E-state index contributed by atoms with van der Waals surface area (Å²) in [5, 5.41) is 2.96. The summed E-state index contributed by atoms with van der Waals surface area (Å²) < 4.78 is 0.960. The number of thioether (sulfide) groups is 1. The first kappa shape index (κ1) is 25.5. The predicted molar refractivity (Wildman–Crippen MR) is 134 cm³/mol. The van der Waals surface area contributed by atoms with Crippen molar-refractivity contribution in [2.75, 3.05) is 12.3 Å². The summed E-state index contributed by atoms with van der Waals surface area (Å²) in [5.74, 6) is 0.993. The number of rotatable bonds is 11. The van der Waals surface area contributed by atoms with E-state index < -0.39 is 6.04 Å². The molecule has 2 aromatic carbocycles. The van der Waals surface area contributed by atoms with Crippen LogP contribution in [0, 0.1) is 13.8 Å². The molecule has 0 bridgehead atoms. The number of nitrogens with one attached hydrogen (secondary N) is 1. The van der Waals surface area contributed by atoms with Crippen LogP contribution in [-0.4, -0.2) is 35.1 Å². The van der Waals surface area contributed by atoms with Crippen molar-refractivity contribution in [2.24, 2.45) is 0 Å². The lowest BCUT2D eigenvalue weighted by atomic mass is 10.1. The van der Waals surface area contributed by atoms with Crippen LogP contribution in [0.5, 0.6) is 0 Å². The first-order valence-corrected chi connectivity index (χ1v) is 12.7. The van der Waals surface area contributed by atoms with E-state index in [1.807, 2.05) is 31.2 Å². The van der Waals surface area contributed by atoms with E-state index in [9.17, 15) is 9.59 Å². The van der Waals surface area contributed by atoms with Crippen molar-refractivity contribution in [3.8, 4) is 0 Å². The van der Waals surface area contributed by atoms with Crippen LogP contribution >= 0.6 is 27.7 Å². The Kier molecular flexibility index (Phi) is 10.6. The predicted octanol–water partition coefficient (Wildman–Crippen LogP) is 5.63. The lowest BCUT2D eigenvalue weighted by Gasteiger charge is -2.29. The summed E-state index contributed by atoms with van der Waals surface area (Å²) in [6.45, 7) is 9.12. The van der Waals surface area contributed by atoms with Gasteiger partial charge >= 0.3 is 0 Å². The average molecular weight is 506 g/mol. The number of hydrogen-bond donors (Lipinski definition) is 1. The molecule has 4 nitrogen and oxygen atoms in total. The topological polar surface area (TPSA) is 49.4 Å². The summed E-state index contributed by atoms with van der Waals surface area (Å²) in [4.78, 5) is 27.5. The van der Waals surface area contributed by atoms with Gasteiger partial charge in [-0.15, -0.1) is 11.8 Å². The van der Waals surface area contributed by atoms with Crippen molar-refractivity contribution in [1.82, 2.24) is 10.2 Å². The number of unbranched alkanes of at least 4 members (excludes halogenated alkanes) is 1. The van der Waals surface area contributed by atoms with Gasteiger partial charge in [0.25, 0.3) is 0 Å². The van der Waals surface area contributed by atoms with Gasteiger partial charge in [0, 0.05) is 23.3 Å². The third-order valence-electron chi connectivity index (χ3n) is 5.01. The molecule has 0 spiro atoms. The molecule has 0 aliphatic rings. The SMILES string of the molecule is CCCCNC(=O)[C@H](C)N(Cc1cccc(Br)c1)C(=O)CSCc1cc(C)cc(C)c1. The highest BCUT2D eigenvalue weighted by molar-refractivity contribution is 9.10. The van der Waals surface area contributed by atoms with Crippen LogP contribution in [-0.2, 0) is 21.9 Å². The van der Waals surface area contributed by atoms with Crippen LogP contribution in [0.2, 0.25) is 0 Å². The molecule has 0 fully saturated rings. The molecule has 31 heavy (non-hydrogen) atoms. The van der Waals surface area contributed by atoms with Crippen molar-refractivity contribution in [3.63, 3.8) is 0 Å². The minimum Gasteiger partial charge on any atom is -0.354 e. The van der Waals surface area contributed by atoms with Crippen LogP contribution < -0.4 is 5.32 Å². The fourth-order valence-electron chi connectivity index (χ4n) is 3.44. The third-order valence-corrected chi connectivity index (χ3v) is 6.50. The number of carbonyl (C=O) groups excluding carboxylic acids is 2. The molecule has 1 atom stereocenters. The molecule has 0 aromatic heterocycles. The number of benzene rings is 2. The Labute approximate surface area is 199 Å². The summed E-state index contributed by atoms with van der Waals surface area (Å²) in [5.41, 5.74) is 4.68. The van der Waals surface area contributed by atoms with Gasteiger partial charge in [-0.3, -0.25) is 9.59 Å². The summed E-state index contributed by atoms with van der Waals surface area (Å²) in [6.07, 6.45) is 1.95. The number of nitrogens with zero attached hydrogens (tertiary/aromatic N) is 1. The fraction of sp³-hybridized carbons (Fsp3) is 0.440. The van der Waals surface area contributed by atoms with Gasteiger partial charge in [-0.25, -0.2) is 0 Å². The fourth-order valence-corrected chi connectivity index (χ4v) is 4.73. The largest absolute Gasteiger partial charge is 0.354 e. The van der Waals surface area contributed by atoms with Gasteiger partial charge in [-0.2, -0.15) is 0 Å². The molecule has 2 aromatic rings. The zero-order valence-corrected chi connectivity index (χ0v) is 21.3. The Morgan fingerprint density at radius 2 is 1.81 bits per heavy atom. The molecule has 0 radical (unpaired) electrons. The standard InChI is InChI=1S/C25H33BrN2O2S/c1-5-6-10-27-25(30)20(4)28(15-21-8-7-9-23(26)14-21)24(29)17-31-16-22-12-18(2)11-19(3)13-22/h7-9,11-14,20H,5-6,10,15-17H2,1-4H3,(H,27,30)/t20-/m0/s1. The molecule has 0 aliphatic carbocycles. The highest BCUT2D eigenvalue weighted by Crippen LogP contribution is 2.19. The van der Waals surface area contributed by atoms with Gasteiger partial charge in [0.15, 0.2) is 0 Å².